The Bertz CT molecular complexity index is 1360. The SMILES string of the molecule is CCN1c2ncc(CCOc3cccc4c3CNS4(=O)=O)cc2C(=O)N(C)c2cccnc21. The smallest absolute Gasteiger partial charge is 0.261 e. The van der Waals surface area contributed by atoms with E-state index in [4.69, 9.17) is 4.74 Å². The Kier molecular flexibility index (Phi) is 5.26. The monoisotopic (exact) mass is 465 g/mol. The van der Waals surface area contributed by atoms with Crippen LogP contribution in [0.5, 0.6) is 5.75 Å². The van der Waals surface area contributed by atoms with E-state index >= 15 is 0 Å². The summed E-state index contributed by atoms with van der Waals surface area (Å²) in [7, 11) is -1.72. The second kappa shape index (κ2) is 8.13. The van der Waals surface area contributed by atoms with E-state index in [0.29, 0.717) is 48.1 Å². The predicted molar refractivity (Wildman–Crippen MR) is 124 cm³/mol. The maximum atomic E-state index is 13.2. The van der Waals surface area contributed by atoms with E-state index < -0.39 is 10.0 Å². The van der Waals surface area contributed by atoms with Crippen LogP contribution in [0.25, 0.3) is 0 Å². The maximum absolute atomic E-state index is 13.2. The van der Waals surface area contributed by atoms with Crippen LogP contribution in [0.1, 0.15) is 28.4 Å². The summed E-state index contributed by atoms with van der Waals surface area (Å²) in [6, 6.07) is 10.5. The number of fused-ring (bicyclic) bond motifs is 3. The Balaban J connectivity index is 1.39. The molecular formula is C23H23N5O4S. The molecule has 1 amide bonds. The number of rotatable bonds is 5. The van der Waals surface area contributed by atoms with Gasteiger partial charge in [-0.1, -0.05) is 6.07 Å². The van der Waals surface area contributed by atoms with Crippen molar-refractivity contribution in [3.63, 3.8) is 0 Å². The summed E-state index contributed by atoms with van der Waals surface area (Å²) >= 11 is 0. The van der Waals surface area contributed by atoms with Gasteiger partial charge >= 0.3 is 0 Å². The highest BCUT2D eigenvalue weighted by molar-refractivity contribution is 7.89. The number of benzene rings is 1. The summed E-state index contributed by atoms with van der Waals surface area (Å²) in [4.78, 5) is 26.1. The number of hydrogen-bond donors (Lipinski definition) is 1. The van der Waals surface area contributed by atoms with E-state index in [2.05, 4.69) is 14.7 Å². The number of amides is 1. The molecule has 9 nitrogen and oxygen atoms in total. The molecular weight excluding hydrogens is 442 g/mol. The molecule has 0 saturated heterocycles. The molecule has 170 valence electrons. The lowest BCUT2D eigenvalue weighted by Gasteiger charge is -2.22. The Morgan fingerprint density at radius 3 is 2.82 bits per heavy atom. The van der Waals surface area contributed by atoms with Crippen molar-refractivity contribution in [1.29, 1.82) is 0 Å². The third-order valence-corrected chi connectivity index (χ3v) is 7.37. The summed E-state index contributed by atoms with van der Waals surface area (Å²) in [5.41, 5.74) is 2.72. The van der Waals surface area contributed by atoms with Gasteiger partial charge in [0.15, 0.2) is 5.82 Å². The minimum absolute atomic E-state index is 0.150. The molecule has 33 heavy (non-hydrogen) atoms. The summed E-state index contributed by atoms with van der Waals surface area (Å²) in [6.07, 6.45) is 3.96. The summed E-state index contributed by atoms with van der Waals surface area (Å²) in [5.74, 6) is 1.66. The van der Waals surface area contributed by atoms with E-state index in [1.54, 1.807) is 42.5 Å². The Morgan fingerprint density at radius 2 is 2.00 bits per heavy atom. The number of anilines is 3. The maximum Gasteiger partial charge on any atom is 0.261 e. The van der Waals surface area contributed by atoms with Crippen LogP contribution in [0.15, 0.2) is 53.7 Å². The average Bonchev–Trinajstić information content (AvgIpc) is 3.10. The van der Waals surface area contributed by atoms with Gasteiger partial charge in [-0.15, -0.1) is 0 Å². The van der Waals surface area contributed by atoms with E-state index in [1.165, 1.54) is 0 Å². The zero-order valence-corrected chi connectivity index (χ0v) is 19.1. The van der Waals surface area contributed by atoms with Gasteiger partial charge in [0.05, 0.1) is 22.8 Å². The van der Waals surface area contributed by atoms with Crippen molar-refractivity contribution in [2.24, 2.45) is 0 Å². The molecule has 2 aromatic heterocycles. The highest BCUT2D eigenvalue weighted by Gasteiger charge is 2.31. The van der Waals surface area contributed by atoms with Crippen LogP contribution < -0.4 is 19.3 Å². The number of nitrogens with one attached hydrogen (secondary N) is 1. The van der Waals surface area contributed by atoms with Crippen molar-refractivity contribution >= 4 is 33.3 Å². The van der Waals surface area contributed by atoms with E-state index in [0.717, 1.165) is 11.3 Å². The van der Waals surface area contributed by atoms with Gasteiger partial charge in [0, 0.05) is 44.5 Å². The van der Waals surface area contributed by atoms with Gasteiger partial charge in [-0.05, 0) is 42.8 Å². The molecule has 0 saturated carbocycles. The fourth-order valence-electron chi connectivity index (χ4n) is 4.19. The molecule has 10 heteroatoms. The standard InChI is InChI=1S/C23H23N5O4S/c1-3-28-21-16(23(29)27(2)18-6-5-10-24-22(18)28)12-15(13-25-21)9-11-32-19-7-4-8-20-17(19)14-26-33(20,30)31/h4-8,10,12-13,26H,3,9,11,14H2,1-2H3. The number of nitrogens with zero attached hydrogens (tertiary/aromatic N) is 4. The fourth-order valence-corrected chi connectivity index (χ4v) is 5.43. The van der Waals surface area contributed by atoms with Crippen LogP contribution in [-0.2, 0) is 23.0 Å². The number of aromatic nitrogens is 2. The molecule has 3 aromatic rings. The lowest BCUT2D eigenvalue weighted by atomic mass is 10.1. The van der Waals surface area contributed by atoms with Gasteiger partial charge in [-0.3, -0.25) is 4.79 Å². The van der Waals surface area contributed by atoms with Gasteiger partial charge in [-0.2, -0.15) is 0 Å². The first-order valence-electron chi connectivity index (χ1n) is 10.6. The number of carbonyl (C=O) groups excluding carboxylic acids is 1. The molecule has 0 radical (unpaired) electrons. The fraction of sp³-hybridized carbons (Fsp3) is 0.261. The van der Waals surface area contributed by atoms with Gasteiger partial charge < -0.3 is 14.5 Å². The number of pyridine rings is 2. The quantitative estimate of drug-likeness (QED) is 0.618. The minimum Gasteiger partial charge on any atom is -0.493 e. The minimum atomic E-state index is -3.45. The molecule has 1 N–H and O–H groups in total. The summed E-state index contributed by atoms with van der Waals surface area (Å²) in [5, 5.41) is 0. The van der Waals surface area contributed by atoms with Crippen molar-refractivity contribution in [2.45, 2.75) is 24.8 Å². The normalized spacial score (nSPS) is 16.1. The molecule has 4 heterocycles. The first kappa shape index (κ1) is 21.4. The molecule has 0 atom stereocenters. The van der Waals surface area contributed by atoms with Gasteiger partial charge in [0.1, 0.15) is 11.6 Å². The Labute approximate surface area is 192 Å². The van der Waals surface area contributed by atoms with Crippen LogP contribution in [0.2, 0.25) is 0 Å². The number of ether oxygens (including phenoxy) is 1. The van der Waals surface area contributed by atoms with E-state index in [9.17, 15) is 13.2 Å². The molecule has 1 aromatic carbocycles. The van der Waals surface area contributed by atoms with Crippen LogP contribution in [0.4, 0.5) is 17.3 Å². The number of sulfonamides is 1. The highest BCUT2D eigenvalue weighted by atomic mass is 32.2. The predicted octanol–water partition coefficient (Wildman–Crippen LogP) is 2.64. The summed E-state index contributed by atoms with van der Waals surface area (Å²) in [6.45, 7) is 3.15. The molecule has 0 aliphatic carbocycles. The van der Waals surface area contributed by atoms with Gasteiger partial charge in [-0.25, -0.2) is 23.1 Å². The zero-order valence-electron chi connectivity index (χ0n) is 18.3. The summed E-state index contributed by atoms with van der Waals surface area (Å²) < 4.78 is 32.5. The molecule has 2 aliphatic rings. The third-order valence-electron chi connectivity index (χ3n) is 5.88. The first-order chi connectivity index (χ1) is 15.9. The van der Waals surface area contributed by atoms with Gasteiger partial charge in [0.2, 0.25) is 10.0 Å². The topological polar surface area (TPSA) is 105 Å². The second-order valence-corrected chi connectivity index (χ2v) is 9.56. The Morgan fingerprint density at radius 1 is 1.15 bits per heavy atom. The van der Waals surface area contributed by atoms with Crippen molar-refractivity contribution in [1.82, 2.24) is 14.7 Å². The van der Waals surface area contributed by atoms with E-state index in [-0.39, 0.29) is 17.3 Å². The van der Waals surface area contributed by atoms with Crippen LogP contribution >= 0.6 is 0 Å². The van der Waals surface area contributed by atoms with Crippen LogP contribution in [0, 0.1) is 0 Å². The average molecular weight is 466 g/mol. The molecule has 0 spiro atoms. The Hall–Kier alpha value is -3.50. The molecule has 5 rings (SSSR count). The zero-order chi connectivity index (χ0) is 23.2. The van der Waals surface area contributed by atoms with Gasteiger partial charge in [0.25, 0.3) is 5.91 Å². The molecule has 0 fully saturated rings. The molecule has 0 bridgehead atoms. The number of hydrogen-bond acceptors (Lipinski definition) is 7. The van der Waals surface area contributed by atoms with Crippen molar-refractivity contribution in [3.8, 4) is 5.75 Å². The van der Waals surface area contributed by atoms with Crippen LogP contribution in [-0.4, -0.2) is 44.5 Å². The third kappa shape index (κ3) is 3.61. The van der Waals surface area contributed by atoms with E-state index in [1.807, 2.05) is 30.0 Å². The van der Waals surface area contributed by atoms with Crippen molar-refractivity contribution in [3.05, 3.63) is 65.5 Å². The van der Waals surface area contributed by atoms with Crippen molar-refractivity contribution in [2.75, 3.05) is 30.0 Å². The number of carbonyl (C=O) groups is 1. The molecule has 2 aliphatic heterocycles. The van der Waals surface area contributed by atoms with Crippen molar-refractivity contribution < 1.29 is 17.9 Å². The lowest BCUT2D eigenvalue weighted by molar-refractivity contribution is 0.0994. The van der Waals surface area contributed by atoms with Crippen LogP contribution in [0.3, 0.4) is 0 Å². The highest BCUT2D eigenvalue weighted by Crippen LogP contribution is 2.37. The lowest BCUT2D eigenvalue weighted by Crippen LogP contribution is -2.25. The first-order valence-corrected chi connectivity index (χ1v) is 12.1. The second-order valence-electron chi connectivity index (χ2n) is 7.83. The molecule has 0 unspecified atom stereocenters. The largest absolute Gasteiger partial charge is 0.493 e.